The van der Waals surface area contributed by atoms with Gasteiger partial charge in [-0.25, -0.2) is 0 Å². The molecular formula is C16H12ClF6NO2. The normalized spacial score (nSPS) is 12.2. The Morgan fingerprint density at radius 3 is 2.00 bits per heavy atom. The number of nitrogens with one attached hydrogen (secondary N) is 1. The summed E-state index contributed by atoms with van der Waals surface area (Å²) in [5, 5.41) is 12.1. The van der Waals surface area contributed by atoms with Crippen molar-refractivity contribution in [3.63, 3.8) is 0 Å². The van der Waals surface area contributed by atoms with E-state index in [1.807, 2.05) is 0 Å². The average molecular weight is 400 g/mol. The van der Waals surface area contributed by atoms with Crippen molar-refractivity contribution >= 4 is 17.3 Å². The van der Waals surface area contributed by atoms with Gasteiger partial charge in [-0.2, -0.15) is 26.3 Å². The van der Waals surface area contributed by atoms with Crippen LogP contribution in [0, 0.1) is 6.92 Å². The molecule has 2 aromatic carbocycles. The van der Waals surface area contributed by atoms with E-state index in [2.05, 4.69) is 5.32 Å². The first kappa shape index (κ1) is 20.0. The number of halogens is 7. The maximum atomic E-state index is 12.8. The molecule has 0 unspecified atom stereocenters. The van der Waals surface area contributed by atoms with Crippen LogP contribution in [0.25, 0.3) is 0 Å². The highest BCUT2D eigenvalue weighted by Crippen LogP contribution is 2.38. The van der Waals surface area contributed by atoms with Gasteiger partial charge < -0.3 is 15.2 Å². The minimum Gasteiger partial charge on any atom is -0.506 e. The second-order valence-corrected chi connectivity index (χ2v) is 5.73. The van der Waals surface area contributed by atoms with E-state index >= 15 is 0 Å². The van der Waals surface area contributed by atoms with Crippen molar-refractivity contribution in [3.05, 3.63) is 52.0 Å². The van der Waals surface area contributed by atoms with Crippen molar-refractivity contribution in [2.45, 2.75) is 19.3 Å². The van der Waals surface area contributed by atoms with Crippen LogP contribution in [-0.4, -0.2) is 11.8 Å². The van der Waals surface area contributed by atoms with E-state index < -0.39 is 36.0 Å². The summed E-state index contributed by atoms with van der Waals surface area (Å²) < 4.78 is 81.7. The molecule has 10 heteroatoms. The number of phenols is 1. The van der Waals surface area contributed by atoms with Gasteiger partial charge in [-0.05, 0) is 42.8 Å². The van der Waals surface area contributed by atoms with E-state index in [1.165, 1.54) is 12.1 Å². The van der Waals surface area contributed by atoms with Gasteiger partial charge in [0.25, 0.3) is 0 Å². The molecule has 2 aromatic rings. The molecule has 3 nitrogen and oxygen atoms in total. The zero-order valence-electron chi connectivity index (χ0n) is 13.1. The molecule has 0 amide bonds. The van der Waals surface area contributed by atoms with Crippen LogP contribution in [-0.2, 0) is 12.4 Å². The van der Waals surface area contributed by atoms with Crippen molar-refractivity contribution in [2.24, 2.45) is 0 Å². The molecule has 0 aromatic heterocycles. The van der Waals surface area contributed by atoms with Crippen LogP contribution in [0.3, 0.4) is 0 Å². The quantitative estimate of drug-likeness (QED) is 0.385. The number of benzene rings is 2. The van der Waals surface area contributed by atoms with Gasteiger partial charge in [0.05, 0.1) is 16.1 Å². The van der Waals surface area contributed by atoms with E-state index in [4.69, 9.17) is 16.3 Å². The van der Waals surface area contributed by atoms with E-state index in [1.54, 1.807) is 6.92 Å². The van der Waals surface area contributed by atoms with Crippen LogP contribution >= 0.6 is 11.6 Å². The standard InChI is InChI=1S/C16H12ClF6NO2/c1-8-2-14(25)12(17)6-13(8)24-7-26-11-4-9(15(18,19)20)3-10(5-11)16(21,22)23/h2-6,24-25H,7H2,1H3. The second kappa shape index (κ2) is 7.14. The molecule has 0 bridgehead atoms. The fourth-order valence-corrected chi connectivity index (χ4v) is 2.23. The fourth-order valence-electron chi connectivity index (χ4n) is 2.06. The number of phenolic OH excluding ortho intramolecular Hbond substituents is 1. The van der Waals surface area contributed by atoms with Crippen LogP contribution in [0.1, 0.15) is 16.7 Å². The predicted molar refractivity (Wildman–Crippen MR) is 83.4 cm³/mol. The van der Waals surface area contributed by atoms with Gasteiger partial charge in [0, 0.05) is 5.69 Å². The number of aryl methyl sites for hydroxylation is 1. The molecule has 0 saturated carbocycles. The largest absolute Gasteiger partial charge is 0.506 e. The molecule has 0 aliphatic heterocycles. The molecule has 0 fully saturated rings. The first-order valence-electron chi connectivity index (χ1n) is 7.03. The van der Waals surface area contributed by atoms with Crippen molar-refractivity contribution in [1.82, 2.24) is 0 Å². The number of aromatic hydroxyl groups is 1. The van der Waals surface area contributed by atoms with Crippen LogP contribution in [0.15, 0.2) is 30.3 Å². The summed E-state index contributed by atoms with van der Waals surface area (Å²) in [6, 6.07) is 3.67. The molecule has 0 heterocycles. The summed E-state index contributed by atoms with van der Waals surface area (Å²) in [5.74, 6) is -0.759. The summed E-state index contributed by atoms with van der Waals surface area (Å²) in [5.41, 5.74) is -1.98. The Balaban J connectivity index is 2.20. The van der Waals surface area contributed by atoms with Crippen LogP contribution in [0.2, 0.25) is 5.02 Å². The van der Waals surface area contributed by atoms with Crippen molar-refractivity contribution in [3.8, 4) is 11.5 Å². The van der Waals surface area contributed by atoms with Gasteiger partial charge in [-0.3, -0.25) is 0 Å². The predicted octanol–water partition coefficient (Wildman–Crippen LogP) is 5.84. The second-order valence-electron chi connectivity index (χ2n) is 5.33. The lowest BCUT2D eigenvalue weighted by Gasteiger charge is -2.16. The fraction of sp³-hybridized carbons (Fsp3) is 0.250. The van der Waals surface area contributed by atoms with E-state index in [0.717, 1.165) is 0 Å². The van der Waals surface area contributed by atoms with E-state index in [0.29, 0.717) is 23.4 Å². The molecule has 142 valence electrons. The number of alkyl halides is 6. The van der Waals surface area contributed by atoms with E-state index in [-0.39, 0.29) is 16.8 Å². The lowest BCUT2D eigenvalue weighted by atomic mass is 10.1. The van der Waals surface area contributed by atoms with Crippen molar-refractivity contribution in [2.75, 3.05) is 12.0 Å². The molecule has 0 radical (unpaired) electrons. The van der Waals surface area contributed by atoms with Gasteiger partial charge in [-0.15, -0.1) is 0 Å². The third kappa shape index (κ3) is 4.87. The topological polar surface area (TPSA) is 41.5 Å². The van der Waals surface area contributed by atoms with Crippen LogP contribution in [0.5, 0.6) is 11.5 Å². The highest BCUT2D eigenvalue weighted by atomic mass is 35.5. The minimum atomic E-state index is -4.95. The first-order chi connectivity index (χ1) is 11.9. The molecule has 0 atom stereocenters. The van der Waals surface area contributed by atoms with Gasteiger partial charge in [0.1, 0.15) is 11.5 Å². The Labute approximate surface area is 149 Å². The smallest absolute Gasteiger partial charge is 0.416 e. The maximum Gasteiger partial charge on any atom is 0.416 e. The molecule has 0 aliphatic rings. The Hall–Kier alpha value is -2.29. The minimum absolute atomic E-state index is 0.0180. The van der Waals surface area contributed by atoms with Gasteiger partial charge in [-0.1, -0.05) is 11.6 Å². The third-order valence-electron chi connectivity index (χ3n) is 3.36. The number of rotatable bonds is 4. The maximum absolute atomic E-state index is 12.8. The Bertz CT molecular complexity index is 772. The van der Waals surface area contributed by atoms with Crippen LogP contribution < -0.4 is 10.1 Å². The summed E-state index contributed by atoms with van der Waals surface area (Å²) in [6.45, 7) is 1.20. The Morgan fingerprint density at radius 2 is 1.50 bits per heavy atom. The Morgan fingerprint density at radius 1 is 0.962 bits per heavy atom. The number of hydrogen-bond acceptors (Lipinski definition) is 3. The van der Waals surface area contributed by atoms with Gasteiger partial charge >= 0.3 is 12.4 Å². The molecule has 2 N–H and O–H groups in total. The zero-order valence-corrected chi connectivity index (χ0v) is 13.9. The Kier molecular flexibility index (Phi) is 5.50. The highest BCUT2D eigenvalue weighted by molar-refractivity contribution is 6.32. The molecule has 2 rings (SSSR count). The number of anilines is 1. The summed E-state index contributed by atoms with van der Waals surface area (Å²) in [6.07, 6.45) is -9.90. The molecule has 26 heavy (non-hydrogen) atoms. The van der Waals surface area contributed by atoms with Crippen molar-refractivity contribution in [1.29, 1.82) is 0 Å². The average Bonchev–Trinajstić information content (AvgIpc) is 2.50. The molecule has 0 saturated heterocycles. The number of ether oxygens (including phenoxy) is 1. The summed E-state index contributed by atoms with van der Waals surface area (Å²) in [4.78, 5) is 0. The molecule has 0 spiro atoms. The SMILES string of the molecule is Cc1cc(O)c(Cl)cc1NCOc1cc(C(F)(F)F)cc(C(F)(F)F)c1. The van der Waals surface area contributed by atoms with E-state index in [9.17, 15) is 31.4 Å². The van der Waals surface area contributed by atoms with Gasteiger partial charge in [0.2, 0.25) is 0 Å². The lowest BCUT2D eigenvalue weighted by Crippen LogP contribution is -2.14. The summed E-state index contributed by atoms with van der Waals surface area (Å²) >= 11 is 5.74. The first-order valence-corrected chi connectivity index (χ1v) is 7.41. The van der Waals surface area contributed by atoms with Gasteiger partial charge in [0.15, 0.2) is 6.73 Å². The monoisotopic (exact) mass is 399 g/mol. The third-order valence-corrected chi connectivity index (χ3v) is 3.66. The molecular weight excluding hydrogens is 388 g/mol. The number of hydrogen-bond donors (Lipinski definition) is 2. The highest BCUT2D eigenvalue weighted by Gasteiger charge is 2.37. The summed E-state index contributed by atoms with van der Waals surface area (Å²) in [7, 11) is 0. The van der Waals surface area contributed by atoms with Crippen LogP contribution in [0.4, 0.5) is 32.0 Å². The van der Waals surface area contributed by atoms with Crippen molar-refractivity contribution < 1.29 is 36.2 Å². The molecule has 0 aliphatic carbocycles. The lowest BCUT2D eigenvalue weighted by molar-refractivity contribution is -0.143. The zero-order chi connectivity index (χ0) is 19.7.